The summed E-state index contributed by atoms with van der Waals surface area (Å²) in [5, 5.41) is 6.51. The van der Waals surface area contributed by atoms with Gasteiger partial charge in [0.25, 0.3) is 0 Å². The molecule has 1 amide bonds. The molecule has 1 heterocycles. The highest BCUT2D eigenvalue weighted by molar-refractivity contribution is 5.68. The minimum atomic E-state index is -0.458. The molecule has 128 valence electrons. The summed E-state index contributed by atoms with van der Waals surface area (Å²) in [4.78, 5) is 11.8. The van der Waals surface area contributed by atoms with E-state index in [4.69, 9.17) is 9.47 Å². The van der Waals surface area contributed by atoms with Crippen LogP contribution < -0.4 is 10.6 Å². The molecule has 0 spiro atoms. The predicted molar refractivity (Wildman–Crippen MR) is 86.9 cm³/mol. The van der Waals surface area contributed by atoms with E-state index in [0.717, 1.165) is 19.6 Å². The molecular formula is C17H32N2O3. The SMILES string of the molecule is CC(CNC1C2CCCOC2C1(C)C)NC(=O)OC(C)(C)C. The number of rotatable bonds is 4. The maximum atomic E-state index is 11.8. The standard InChI is InChI=1S/C17H32N2O3/c1-11(19-15(20)22-16(2,3)4)10-18-13-12-8-7-9-21-14(12)17(13,5)6/h11-14,18H,7-10H2,1-6H3,(H,19,20). The van der Waals surface area contributed by atoms with Crippen molar-refractivity contribution >= 4 is 6.09 Å². The average Bonchev–Trinajstić information content (AvgIpc) is 2.36. The molecule has 0 radical (unpaired) electrons. The molecule has 0 bridgehead atoms. The summed E-state index contributed by atoms with van der Waals surface area (Å²) >= 11 is 0. The van der Waals surface area contributed by atoms with Gasteiger partial charge in [-0.1, -0.05) is 13.8 Å². The van der Waals surface area contributed by atoms with E-state index in [2.05, 4.69) is 24.5 Å². The van der Waals surface area contributed by atoms with Crippen molar-refractivity contribution in [3.05, 3.63) is 0 Å². The highest BCUT2D eigenvalue weighted by atomic mass is 16.6. The second-order valence-electron chi connectivity index (χ2n) is 8.35. The maximum Gasteiger partial charge on any atom is 0.407 e. The second kappa shape index (κ2) is 6.36. The van der Waals surface area contributed by atoms with Gasteiger partial charge in [0.1, 0.15) is 5.60 Å². The summed E-state index contributed by atoms with van der Waals surface area (Å²) in [5.41, 5.74) is -0.295. The van der Waals surface area contributed by atoms with Gasteiger partial charge in [0.2, 0.25) is 0 Å². The van der Waals surface area contributed by atoms with E-state index in [9.17, 15) is 4.79 Å². The Kier molecular flexibility index (Phi) is 5.07. The molecule has 2 N–H and O–H groups in total. The third-order valence-corrected chi connectivity index (χ3v) is 4.74. The Morgan fingerprint density at radius 3 is 2.73 bits per heavy atom. The highest BCUT2D eigenvalue weighted by Crippen LogP contribution is 2.51. The third kappa shape index (κ3) is 3.93. The van der Waals surface area contributed by atoms with Crippen molar-refractivity contribution in [3.8, 4) is 0 Å². The van der Waals surface area contributed by atoms with E-state index >= 15 is 0 Å². The zero-order valence-corrected chi connectivity index (χ0v) is 14.9. The van der Waals surface area contributed by atoms with Crippen LogP contribution in [-0.2, 0) is 9.47 Å². The summed E-state index contributed by atoms with van der Waals surface area (Å²) in [6.45, 7) is 13.8. The fraction of sp³-hybridized carbons (Fsp3) is 0.941. The van der Waals surface area contributed by atoms with Crippen LogP contribution in [0.5, 0.6) is 0 Å². The first kappa shape index (κ1) is 17.5. The number of amides is 1. The molecule has 1 aliphatic heterocycles. The third-order valence-electron chi connectivity index (χ3n) is 4.74. The van der Waals surface area contributed by atoms with Crippen LogP contribution in [0.2, 0.25) is 0 Å². The molecule has 4 unspecified atom stereocenters. The fourth-order valence-corrected chi connectivity index (χ4v) is 3.80. The number of hydrogen-bond acceptors (Lipinski definition) is 4. The molecule has 0 aromatic heterocycles. The predicted octanol–water partition coefficient (Wildman–Crippen LogP) is 2.69. The minimum absolute atomic E-state index is 0.0363. The Labute approximate surface area is 134 Å². The van der Waals surface area contributed by atoms with Gasteiger partial charge < -0.3 is 20.1 Å². The molecule has 2 fully saturated rings. The smallest absolute Gasteiger partial charge is 0.407 e. The molecule has 5 heteroatoms. The van der Waals surface area contributed by atoms with Crippen LogP contribution in [-0.4, -0.2) is 43.0 Å². The Morgan fingerprint density at radius 2 is 2.09 bits per heavy atom. The summed E-state index contributed by atoms with van der Waals surface area (Å²) in [6.07, 6.45) is 2.42. The number of alkyl carbamates (subject to hydrolysis) is 1. The van der Waals surface area contributed by atoms with Crippen molar-refractivity contribution in [2.24, 2.45) is 11.3 Å². The molecule has 5 nitrogen and oxygen atoms in total. The van der Waals surface area contributed by atoms with E-state index in [1.54, 1.807) is 0 Å². The normalized spacial score (nSPS) is 31.6. The number of hydrogen-bond donors (Lipinski definition) is 2. The Morgan fingerprint density at radius 1 is 1.41 bits per heavy atom. The van der Waals surface area contributed by atoms with Crippen LogP contribution in [0.25, 0.3) is 0 Å². The van der Waals surface area contributed by atoms with E-state index in [1.807, 2.05) is 27.7 Å². The molecule has 0 aromatic carbocycles. The quantitative estimate of drug-likeness (QED) is 0.838. The van der Waals surface area contributed by atoms with Gasteiger partial charge in [-0.2, -0.15) is 0 Å². The lowest BCUT2D eigenvalue weighted by molar-refractivity contribution is -0.192. The number of fused-ring (bicyclic) bond motifs is 1. The summed E-state index contributed by atoms with van der Waals surface area (Å²) in [5.74, 6) is 0.609. The molecule has 0 aromatic rings. The zero-order valence-electron chi connectivity index (χ0n) is 14.9. The largest absolute Gasteiger partial charge is 0.444 e. The Balaban J connectivity index is 1.76. The lowest BCUT2D eigenvalue weighted by atomic mass is 9.55. The van der Waals surface area contributed by atoms with Crippen molar-refractivity contribution in [1.82, 2.24) is 10.6 Å². The van der Waals surface area contributed by atoms with Crippen LogP contribution in [0, 0.1) is 11.3 Å². The topological polar surface area (TPSA) is 59.6 Å². The molecule has 22 heavy (non-hydrogen) atoms. The number of nitrogens with one attached hydrogen (secondary N) is 2. The van der Waals surface area contributed by atoms with E-state index in [1.165, 1.54) is 6.42 Å². The van der Waals surface area contributed by atoms with Gasteiger partial charge in [0, 0.05) is 36.6 Å². The lowest BCUT2D eigenvalue weighted by Crippen LogP contribution is -2.70. The van der Waals surface area contributed by atoms with Crippen LogP contribution in [0.15, 0.2) is 0 Å². The van der Waals surface area contributed by atoms with Gasteiger partial charge in [-0.15, -0.1) is 0 Å². The first-order valence-electron chi connectivity index (χ1n) is 8.46. The maximum absolute atomic E-state index is 11.8. The average molecular weight is 312 g/mol. The van der Waals surface area contributed by atoms with Crippen LogP contribution in [0.4, 0.5) is 4.79 Å². The van der Waals surface area contributed by atoms with Crippen LogP contribution in [0.1, 0.15) is 54.4 Å². The molecular weight excluding hydrogens is 280 g/mol. The number of carbonyl (C=O) groups excluding carboxylic acids is 1. The first-order chi connectivity index (χ1) is 10.1. The van der Waals surface area contributed by atoms with E-state index in [-0.39, 0.29) is 17.6 Å². The van der Waals surface area contributed by atoms with E-state index < -0.39 is 5.60 Å². The molecule has 1 saturated heterocycles. The second-order valence-corrected chi connectivity index (χ2v) is 8.35. The summed E-state index contributed by atoms with van der Waals surface area (Å²) in [6, 6.07) is 0.495. The van der Waals surface area contributed by atoms with Crippen molar-refractivity contribution in [2.45, 2.75) is 78.2 Å². The van der Waals surface area contributed by atoms with Crippen molar-refractivity contribution in [1.29, 1.82) is 0 Å². The fourth-order valence-electron chi connectivity index (χ4n) is 3.80. The number of ether oxygens (including phenoxy) is 2. The van der Waals surface area contributed by atoms with Gasteiger partial charge in [-0.3, -0.25) is 0 Å². The Hall–Kier alpha value is -0.810. The highest BCUT2D eigenvalue weighted by Gasteiger charge is 2.57. The number of carbonyl (C=O) groups is 1. The minimum Gasteiger partial charge on any atom is -0.444 e. The molecule has 2 rings (SSSR count). The molecule has 2 aliphatic rings. The zero-order chi connectivity index (χ0) is 16.5. The lowest BCUT2D eigenvalue weighted by Gasteiger charge is -2.60. The van der Waals surface area contributed by atoms with Gasteiger partial charge in [-0.25, -0.2) is 4.79 Å². The Bertz CT molecular complexity index is 403. The van der Waals surface area contributed by atoms with Crippen molar-refractivity contribution in [3.63, 3.8) is 0 Å². The van der Waals surface area contributed by atoms with Crippen molar-refractivity contribution < 1.29 is 14.3 Å². The van der Waals surface area contributed by atoms with Gasteiger partial charge in [0.05, 0.1) is 6.10 Å². The monoisotopic (exact) mass is 312 g/mol. The van der Waals surface area contributed by atoms with Gasteiger partial charge in [0.15, 0.2) is 0 Å². The molecule has 4 atom stereocenters. The molecule has 1 saturated carbocycles. The summed E-state index contributed by atoms with van der Waals surface area (Å²) in [7, 11) is 0. The van der Waals surface area contributed by atoms with Crippen LogP contribution >= 0.6 is 0 Å². The van der Waals surface area contributed by atoms with Gasteiger partial charge >= 0.3 is 6.09 Å². The van der Waals surface area contributed by atoms with Gasteiger partial charge in [-0.05, 0) is 40.5 Å². The van der Waals surface area contributed by atoms with Crippen molar-refractivity contribution in [2.75, 3.05) is 13.2 Å². The molecule has 1 aliphatic carbocycles. The van der Waals surface area contributed by atoms with Crippen LogP contribution in [0.3, 0.4) is 0 Å². The summed E-state index contributed by atoms with van der Waals surface area (Å²) < 4.78 is 11.2. The first-order valence-corrected chi connectivity index (χ1v) is 8.46. The van der Waals surface area contributed by atoms with E-state index in [0.29, 0.717) is 18.1 Å².